The Morgan fingerprint density at radius 1 is 1.59 bits per heavy atom. The second kappa shape index (κ2) is 5.84. The molecular formula is C12H18N2O2S. The first kappa shape index (κ1) is 13.7. The SMILES string of the molecule is COc1ccc(C(N)=S)c(N(C)C(C)CO)c1. The van der Waals surface area contributed by atoms with Crippen molar-refractivity contribution in [2.24, 2.45) is 5.73 Å². The van der Waals surface area contributed by atoms with Gasteiger partial charge in [-0.1, -0.05) is 12.2 Å². The van der Waals surface area contributed by atoms with Crippen molar-refractivity contribution in [3.05, 3.63) is 23.8 Å². The summed E-state index contributed by atoms with van der Waals surface area (Å²) in [7, 11) is 3.49. The van der Waals surface area contributed by atoms with Crippen LogP contribution in [-0.4, -0.2) is 36.9 Å². The molecule has 0 saturated carbocycles. The molecule has 0 aliphatic rings. The lowest BCUT2D eigenvalue weighted by Crippen LogP contribution is -2.33. The van der Waals surface area contributed by atoms with Gasteiger partial charge in [-0.25, -0.2) is 0 Å². The summed E-state index contributed by atoms with van der Waals surface area (Å²) in [4.78, 5) is 2.26. The van der Waals surface area contributed by atoms with E-state index in [-0.39, 0.29) is 12.6 Å². The maximum absolute atomic E-state index is 9.19. The zero-order valence-electron chi connectivity index (χ0n) is 10.3. The van der Waals surface area contributed by atoms with Gasteiger partial charge in [0.05, 0.1) is 19.4 Å². The fourth-order valence-electron chi connectivity index (χ4n) is 1.50. The van der Waals surface area contributed by atoms with Crippen LogP contribution in [0.2, 0.25) is 0 Å². The maximum atomic E-state index is 9.19. The molecule has 1 atom stereocenters. The second-order valence-electron chi connectivity index (χ2n) is 3.89. The highest BCUT2D eigenvalue weighted by Gasteiger charge is 2.15. The summed E-state index contributed by atoms with van der Waals surface area (Å²) >= 11 is 5.02. The van der Waals surface area contributed by atoms with Crippen LogP contribution < -0.4 is 15.4 Å². The van der Waals surface area contributed by atoms with E-state index in [1.807, 2.05) is 37.1 Å². The Morgan fingerprint density at radius 2 is 2.24 bits per heavy atom. The Balaban J connectivity index is 3.21. The molecule has 0 aromatic heterocycles. The topological polar surface area (TPSA) is 58.7 Å². The highest BCUT2D eigenvalue weighted by molar-refractivity contribution is 7.80. The fraction of sp³-hybridized carbons (Fsp3) is 0.417. The molecule has 0 aliphatic carbocycles. The van der Waals surface area contributed by atoms with Crippen LogP contribution in [0.4, 0.5) is 5.69 Å². The Labute approximate surface area is 107 Å². The van der Waals surface area contributed by atoms with Crippen LogP contribution in [0.15, 0.2) is 18.2 Å². The van der Waals surface area contributed by atoms with Gasteiger partial charge in [0.25, 0.3) is 0 Å². The number of thiocarbonyl (C=S) groups is 1. The number of nitrogens with two attached hydrogens (primary N) is 1. The lowest BCUT2D eigenvalue weighted by atomic mass is 10.1. The number of aliphatic hydroxyl groups is 1. The van der Waals surface area contributed by atoms with E-state index in [1.165, 1.54) is 0 Å². The van der Waals surface area contributed by atoms with Crippen molar-refractivity contribution in [3.8, 4) is 5.75 Å². The average Bonchev–Trinajstić information content (AvgIpc) is 2.35. The zero-order valence-corrected chi connectivity index (χ0v) is 11.1. The van der Waals surface area contributed by atoms with E-state index >= 15 is 0 Å². The first-order chi connectivity index (χ1) is 8.01. The molecule has 1 aromatic rings. The summed E-state index contributed by atoms with van der Waals surface area (Å²) in [5.74, 6) is 0.733. The van der Waals surface area contributed by atoms with E-state index < -0.39 is 0 Å². The summed E-state index contributed by atoms with van der Waals surface area (Å²) in [5.41, 5.74) is 7.33. The highest BCUT2D eigenvalue weighted by Crippen LogP contribution is 2.26. The van der Waals surface area contributed by atoms with Crippen LogP contribution in [-0.2, 0) is 0 Å². The van der Waals surface area contributed by atoms with Gasteiger partial charge in [0.15, 0.2) is 0 Å². The fourth-order valence-corrected chi connectivity index (χ4v) is 1.67. The first-order valence-corrected chi connectivity index (χ1v) is 5.73. The lowest BCUT2D eigenvalue weighted by Gasteiger charge is -2.27. The van der Waals surface area contributed by atoms with Crippen LogP contribution in [0.5, 0.6) is 5.75 Å². The monoisotopic (exact) mass is 254 g/mol. The predicted molar refractivity (Wildman–Crippen MR) is 73.8 cm³/mol. The Morgan fingerprint density at radius 3 is 2.71 bits per heavy atom. The molecule has 17 heavy (non-hydrogen) atoms. The van der Waals surface area contributed by atoms with E-state index in [4.69, 9.17) is 22.7 Å². The molecule has 0 saturated heterocycles. The summed E-state index contributed by atoms with van der Waals surface area (Å²) in [6.45, 7) is 1.98. The number of hydrogen-bond donors (Lipinski definition) is 2. The third-order valence-electron chi connectivity index (χ3n) is 2.78. The molecule has 1 aromatic carbocycles. The van der Waals surface area contributed by atoms with Crippen LogP contribution in [0.25, 0.3) is 0 Å². The van der Waals surface area contributed by atoms with Crippen molar-refractivity contribution >= 4 is 22.9 Å². The number of likely N-dealkylation sites (N-methyl/N-ethyl adjacent to an activating group) is 1. The number of benzene rings is 1. The normalized spacial score (nSPS) is 12.0. The molecule has 4 nitrogen and oxygen atoms in total. The molecule has 1 rings (SSSR count). The average molecular weight is 254 g/mol. The molecular weight excluding hydrogens is 236 g/mol. The largest absolute Gasteiger partial charge is 0.497 e. The van der Waals surface area contributed by atoms with Gasteiger partial charge in [-0.15, -0.1) is 0 Å². The number of hydrogen-bond acceptors (Lipinski definition) is 4. The molecule has 5 heteroatoms. The van der Waals surface area contributed by atoms with Gasteiger partial charge < -0.3 is 20.5 Å². The molecule has 3 N–H and O–H groups in total. The third-order valence-corrected chi connectivity index (χ3v) is 3.00. The van der Waals surface area contributed by atoms with Gasteiger partial charge in [0.1, 0.15) is 10.7 Å². The molecule has 0 spiro atoms. The van der Waals surface area contributed by atoms with E-state index in [0.29, 0.717) is 4.99 Å². The second-order valence-corrected chi connectivity index (χ2v) is 4.33. The zero-order chi connectivity index (χ0) is 13.0. The van der Waals surface area contributed by atoms with Gasteiger partial charge in [0.2, 0.25) is 0 Å². The molecule has 0 radical (unpaired) electrons. The van der Waals surface area contributed by atoms with Crippen LogP contribution in [0, 0.1) is 0 Å². The number of anilines is 1. The molecule has 0 heterocycles. The van der Waals surface area contributed by atoms with Crippen molar-refractivity contribution < 1.29 is 9.84 Å². The summed E-state index contributed by atoms with van der Waals surface area (Å²) in [6.07, 6.45) is 0. The van der Waals surface area contributed by atoms with E-state index in [0.717, 1.165) is 17.0 Å². The molecule has 94 valence electrons. The van der Waals surface area contributed by atoms with E-state index in [1.54, 1.807) is 7.11 Å². The number of rotatable bonds is 5. The van der Waals surface area contributed by atoms with E-state index in [2.05, 4.69) is 0 Å². The molecule has 0 aliphatic heterocycles. The lowest BCUT2D eigenvalue weighted by molar-refractivity contribution is 0.270. The molecule has 0 bridgehead atoms. The van der Waals surface area contributed by atoms with E-state index in [9.17, 15) is 5.11 Å². The van der Waals surface area contributed by atoms with Gasteiger partial charge in [-0.3, -0.25) is 0 Å². The number of methoxy groups -OCH3 is 1. The van der Waals surface area contributed by atoms with Gasteiger partial charge in [-0.2, -0.15) is 0 Å². The third kappa shape index (κ3) is 3.08. The van der Waals surface area contributed by atoms with Crippen LogP contribution >= 0.6 is 12.2 Å². The molecule has 0 fully saturated rings. The maximum Gasteiger partial charge on any atom is 0.120 e. The Hall–Kier alpha value is -1.33. The summed E-state index contributed by atoms with van der Waals surface area (Å²) < 4.78 is 5.18. The number of nitrogens with zero attached hydrogens (tertiary/aromatic N) is 1. The van der Waals surface area contributed by atoms with Gasteiger partial charge >= 0.3 is 0 Å². The van der Waals surface area contributed by atoms with Crippen molar-refractivity contribution in [1.29, 1.82) is 0 Å². The minimum Gasteiger partial charge on any atom is -0.497 e. The smallest absolute Gasteiger partial charge is 0.120 e. The van der Waals surface area contributed by atoms with Crippen molar-refractivity contribution in [2.75, 3.05) is 25.7 Å². The quantitative estimate of drug-likeness (QED) is 0.772. The summed E-state index contributed by atoms with van der Waals surface area (Å²) in [5, 5.41) is 9.19. The van der Waals surface area contributed by atoms with Crippen molar-refractivity contribution in [3.63, 3.8) is 0 Å². The predicted octanol–water partition coefficient (Wildman–Crippen LogP) is 1.15. The number of aliphatic hydroxyl groups excluding tert-OH is 1. The summed E-state index contributed by atoms with van der Waals surface area (Å²) in [6, 6.07) is 5.49. The minimum atomic E-state index is -0.0183. The van der Waals surface area contributed by atoms with Crippen molar-refractivity contribution in [1.82, 2.24) is 0 Å². The first-order valence-electron chi connectivity index (χ1n) is 5.32. The van der Waals surface area contributed by atoms with Crippen LogP contribution in [0.1, 0.15) is 12.5 Å². The standard InChI is InChI=1S/C12H18N2O2S/c1-8(7-15)14(2)11-6-9(16-3)4-5-10(11)12(13)17/h4-6,8,15H,7H2,1-3H3,(H2,13,17). The van der Waals surface area contributed by atoms with Crippen LogP contribution in [0.3, 0.4) is 0 Å². The minimum absolute atomic E-state index is 0.0183. The molecule has 1 unspecified atom stereocenters. The Kier molecular flexibility index (Phi) is 4.72. The van der Waals surface area contributed by atoms with Gasteiger partial charge in [-0.05, 0) is 19.1 Å². The molecule has 0 amide bonds. The van der Waals surface area contributed by atoms with Gasteiger partial charge in [0, 0.05) is 24.7 Å². The highest BCUT2D eigenvalue weighted by atomic mass is 32.1. The Bertz CT molecular complexity index is 409. The van der Waals surface area contributed by atoms with Crippen molar-refractivity contribution in [2.45, 2.75) is 13.0 Å². The number of ether oxygens (including phenoxy) is 1.